The summed E-state index contributed by atoms with van der Waals surface area (Å²) < 4.78 is 12.2. The molecule has 0 aromatic heterocycles. The Labute approximate surface area is 84.5 Å². The molecule has 2 heteroatoms. The van der Waals surface area contributed by atoms with Gasteiger partial charge in [0.2, 0.25) is 0 Å². The van der Waals surface area contributed by atoms with Gasteiger partial charge in [-0.25, -0.2) is 4.39 Å². The van der Waals surface area contributed by atoms with Crippen LogP contribution in [0.2, 0.25) is 0 Å². The SMILES string of the molecule is FCCN1CCc2ccccc2CC1. The summed E-state index contributed by atoms with van der Waals surface area (Å²) in [5, 5.41) is 0. The largest absolute Gasteiger partial charge is 0.300 e. The Morgan fingerprint density at radius 2 is 1.64 bits per heavy atom. The molecule has 76 valence electrons. The highest BCUT2D eigenvalue weighted by Crippen LogP contribution is 2.15. The van der Waals surface area contributed by atoms with E-state index < -0.39 is 0 Å². The van der Waals surface area contributed by atoms with Crippen molar-refractivity contribution < 1.29 is 4.39 Å². The first-order chi connectivity index (χ1) is 6.90. The van der Waals surface area contributed by atoms with Crippen LogP contribution in [-0.2, 0) is 12.8 Å². The first kappa shape index (κ1) is 9.66. The Morgan fingerprint density at radius 1 is 1.07 bits per heavy atom. The average Bonchev–Trinajstić information content (AvgIpc) is 2.42. The highest BCUT2D eigenvalue weighted by molar-refractivity contribution is 5.28. The molecule has 14 heavy (non-hydrogen) atoms. The minimum Gasteiger partial charge on any atom is -0.300 e. The normalized spacial score (nSPS) is 17.5. The fourth-order valence-electron chi connectivity index (χ4n) is 2.06. The zero-order valence-corrected chi connectivity index (χ0v) is 8.38. The van der Waals surface area contributed by atoms with Gasteiger partial charge in [-0.1, -0.05) is 24.3 Å². The van der Waals surface area contributed by atoms with E-state index in [1.807, 2.05) is 0 Å². The number of hydrogen-bond donors (Lipinski definition) is 0. The van der Waals surface area contributed by atoms with E-state index >= 15 is 0 Å². The van der Waals surface area contributed by atoms with E-state index in [2.05, 4.69) is 29.2 Å². The Hall–Kier alpha value is -0.890. The minimum absolute atomic E-state index is 0.226. The quantitative estimate of drug-likeness (QED) is 0.695. The van der Waals surface area contributed by atoms with Crippen LogP contribution in [0.1, 0.15) is 11.1 Å². The van der Waals surface area contributed by atoms with Crippen LogP contribution >= 0.6 is 0 Å². The van der Waals surface area contributed by atoms with Crippen molar-refractivity contribution in [1.82, 2.24) is 4.90 Å². The summed E-state index contributed by atoms with van der Waals surface area (Å²) in [5.74, 6) is 0. The fraction of sp³-hybridized carbons (Fsp3) is 0.500. The smallest absolute Gasteiger partial charge is 0.102 e. The lowest BCUT2D eigenvalue weighted by molar-refractivity contribution is 0.258. The summed E-state index contributed by atoms with van der Waals surface area (Å²) in [4.78, 5) is 2.21. The Kier molecular flexibility index (Phi) is 3.14. The maximum atomic E-state index is 12.2. The Morgan fingerprint density at radius 3 is 2.14 bits per heavy atom. The molecule has 0 bridgehead atoms. The van der Waals surface area contributed by atoms with Crippen molar-refractivity contribution in [3.8, 4) is 0 Å². The lowest BCUT2D eigenvalue weighted by atomic mass is 10.0. The molecular formula is C12H16FN. The van der Waals surface area contributed by atoms with Gasteiger partial charge >= 0.3 is 0 Å². The summed E-state index contributed by atoms with van der Waals surface area (Å²) in [5.41, 5.74) is 2.88. The van der Waals surface area contributed by atoms with Crippen molar-refractivity contribution in [3.63, 3.8) is 0 Å². The van der Waals surface area contributed by atoms with Crippen LogP contribution in [0.15, 0.2) is 24.3 Å². The monoisotopic (exact) mass is 193 g/mol. The molecule has 0 radical (unpaired) electrons. The third kappa shape index (κ3) is 2.13. The average molecular weight is 193 g/mol. The van der Waals surface area contributed by atoms with Crippen molar-refractivity contribution in [1.29, 1.82) is 0 Å². The Bertz CT molecular complexity index is 271. The van der Waals surface area contributed by atoms with Gasteiger partial charge in [-0.05, 0) is 24.0 Å². The highest BCUT2D eigenvalue weighted by atomic mass is 19.1. The van der Waals surface area contributed by atoms with Gasteiger partial charge in [-0.2, -0.15) is 0 Å². The van der Waals surface area contributed by atoms with Gasteiger partial charge in [0.05, 0.1) is 0 Å². The fourth-order valence-corrected chi connectivity index (χ4v) is 2.06. The van der Waals surface area contributed by atoms with E-state index in [9.17, 15) is 4.39 Å². The summed E-state index contributed by atoms with van der Waals surface area (Å²) in [6, 6.07) is 8.55. The number of benzene rings is 1. The molecule has 1 nitrogen and oxygen atoms in total. The molecule has 0 N–H and O–H groups in total. The molecular weight excluding hydrogens is 177 g/mol. The maximum absolute atomic E-state index is 12.2. The van der Waals surface area contributed by atoms with Gasteiger partial charge in [0.1, 0.15) is 6.67 Å². The molecule has 0 aliphatic carbocycles. The number of hydrogen-bond acceptors (Lipinski definition) is 1. The number of nitrogens with zero attached hydrogens (tertiary/aromatic N) is 1. The van der Waals surface area contributed by atoms with Gasteiger partial charge in [-0.15, -0.1) is 0 Å². The van der Waals surface area contributed by atoms with Crippen molar-refractivity contribution >= 4 is 0 Å². The summed E-state index contributed by atoms with van der Waals surface area (Å²) in [6.07, 6.45) is 2.13. The zero-order valence-electron chi connectivity index (χ0n) is 8.38. The van der Waals surface area contributed by atoms with Gasteiger partial charge < -0.3 is 4.90 Å². The van der Waals surface area contributed by atoms with Crippen LogP contribution in [0.25, 0.3) is 0 Å². The first-order valence-corrected chi connectivity index (χ1v) is 5.25. The second-order valence-electron chi connectivity index (χ2n) is 3.80. The van der Waals surface area contributed by atoms with Crippen molar-refractivity contribution in [3.05, 3.63) is 35.4 Å². The van der Waals surface area contributed by atoms with E-state index in [-0.39, 0.29) is 6.67 Å². The molecule has 1 heterocycles. The standard InChI is InChI=1S/C12H16FN/c13-7-10-14-8-5-11-3-1-2-4-12(11)6-9-14/h1-4H,5-10H2. The minimum atomic E-state index is -0.226. The molecule has 0 fully saturated rings. The van der Waals surface area contributed by atoms with Crippen molar-refractivity contribution in [2.45, 2.75) is 12.8 Å². The molecule has 0 unspecified atom stereocenters. The molecule has 0 saturated carbocycles. The van der Waals surface area contributed by atoms with Crippen LogP contribution in [0.4, 0.5) is 4.39 Å². The second-order valence-corrected chi connectivity index (χ2v) is 3.80. The van der Waals surface area contributed by atoms with E-state index in [4.69, 9.17) is 0 Å². The highest BCUT2D eigenvalue weighted by Gasteiger charge is 2.12. The van der Waals surface area contributed by atoms with E-state index in [1.165, 1.54) is 11.1 Å². The number of alkyl halides is 1. The van der Waals surface area contributed by atoms with E-state index in [0.717, 1.165) is 25.9 Å². The van der Waals surface area contributed by atoms with Crippen LogP contribution in [0, 0.1) is 0 Å². The molecule has 0 amide bonds. The first-order valence-electron chi connectivity index (χ1n) is 5.25. The van der Waals surface area contributed by atoms with Crippen molar-refractivity contribution in [2.75, 3.05) is 26.3 Å². The molecule has 1 aromatic rings. The molecule has 1 aromatic carbocycles. The number of rotatable bonds is 2. The summed E-state index contributed by atoms with van der Waals surface area (Å²) in [7, 11) is 0. The molecule has 2 rings (SSSR count). The van der Waals surface area contributed by atoms with Crippen LogP contribution in [0.3, 0.4) is 0 Å². The van der Waals surface area contributed by atoms with Gasteiger partial charge in [-0.3, -0.25) is 0 Å². The predicted molar refractivity (Wildman–Crippen MR) is 56.3 cm³/mol. The zero-order chi connectivity index (χ0) is 9.80. The summed E-state index contributed by atoms with van der Waals surface area (Å²) in [6.45, 7) is 2.37. The van der Waals surface area contributed by atoms with Crippen LogP contribution in [0.5, 0.6) is 0 Å². The van der Waals surface area contributed by atoms with E-state index in [1.54, 1.807) is 0 Å². The molecule has 0 saturated heterocycles. The van der Waals surface area contributed by atoms with Crippen LogP contribution in [-0.4, -0.2) is 31.2 Å². The van der Waals surface area contributed by atoms with Gasteiger partial charge in [0.15, 0.2) is 0 Å². The molecule has 0 atom stereocenters. The van der Waals surface area contributed by atoms with Crippen molar-refractivity contribution in [2.24, 2.45) is 0 Å². The lowest BCUT2D eigenvalue weighted by Crippen LogP contribution is -2.28. The number of fused-ring (bicyclic) bond motifs is 1. The lowest BCUT2D eigenvalue weighted by Gasteiger charge is -2.16. The van der Waals surface area contributed by atoms with Gasteiger partial charge in [0, 0.05) is 19.6 Å². The Balaban J connectivity index is 2.06. The van der Waals surface area contributed by atoms with E-state index in [0.29, 0.717) is 6.54 Å². The van der Waals surface area contributed by atoms with Crippen LogP contribution < -0.4 is 0 Å². The third-order valence-corrected chi connectivity index (χ3v) is 2.91. The third-order valence-electron chi connectivity index (χ3n) is 2.91. The number of halogens is 1. The second kappa shape index (κ2) is 4.56. The molecule has 0 spiro atoms. The molecule has 1 aliphatic rings. The molecule has 1 aliphatic heterocycles. The van der Waals surface area contributed by atoms with Gasteiger partial charge in [0.25, 0.3) is 0 Å². The topological polar surface area (TPSA) is 3.24 Å². The summed E-state index contributed by atoms with van der Waals surface area (Å²) >= 11 is 0. The predicted octanol–water partition coefficient (Wildman–Crippen LogP) is 2.06. The maximum Gasteiger partial charge on any atom is 0.102 e.